The van der Waals surface area contributed by atoms with Gasteiger partial charge >= 0.3 is 0 Å². The molecule has 4 rings (SSSR count). The lowest BCUT2D eigenvalue weighted by molar-refractivity contribution is -0.123. The minimum absolute atomic E-state index is 0.0753. The van der Waals surface area contributed by atoms with E-state index in [0.717, 1.165) is 50.3 Å². The first-order valence-electron chi connectivity index (χ1n) is 8.94. The van der Waals surface area contributed by atoms with Crippen molar-refractivity contribution in [3.8, 4) is 5.75 Å². The number of rotatable bonds is 5. The second kappa shape index (κ2) is 7.27. The molecule has 1 N–H and O–H groups in total. The largest absolute Gasteiger partial charge is 0.484 e. The molecule has 1 aromatic carbocycles. The predicted molar refractivity (Wildman–Crippen MR) is 94.7 cm³/mol. The fourth-order valence-corrected chi connectivity index (χ4v) is 3.63. The number of carbonyl (C=O) groups excluding carboxylic acids is 1. The molecule has 136 valence electrons. The molecule has 0 bridgehead atoms. The van der Waals surface area contributed by atoms with Crippen LogP contribution in [0, 0.1) is 5.82 Å². The van der Waals surface area contributed by atoms with Crippen LogP contribution in [0.4, 0.5) is 10.2 Å². The van der Waals surface area contributed by atoms with Crippen molar-refractivity contribution in [2.75, 3.05) is 24.6 Å². The van der Waals surface area contributed by atoms with Crippen LogP contribution in [0.5, 0.6) is 5.75 Å². The summed E-state index contributed by atoms with van der Waals surface area (Å²) in [6, 6.07) is 5.71. The number of ether oxygens (including phenoxy) is 1. The minimum atomic E-state index is -0.330. The summed E-state index contributed by atoms with van der Waals surface area (Å²) in [6.07, 6.45) is 5.71. The summed E-state index contributed by atoms with van der Waals surface area (Å²) >= 11 is 0. The molecule has 0 radical (unpaired) electrons. The number of benzene rings is 1. The van der Waals surface area contributed by atoms with Gasteiger partial charge in [-0.3, -0.25) is 4.79 Å². The number of hydrogen-bond donors (Lipinski definition) is 1. The highest BCUT2D eigenvalue weighted by Crippen LogP contribution is 2.29. The Morgan fingerprint density at radius 3 is 2.96 bits per heavy atom. The first kappa shape index (κ1) is 16.8. The van der Waals surface area contributed by atoms with Crippen LogP contribution in [-0.4, -0.2) is 41.6 Å². The number of fused-ring (bicyclic) bond motifs is 1. The molecule has 1 aliphatic heterocycles. The fourth-order valence-electron chi connectivity index (χ4n) is 3.63. The van der Waals surface area contributed by atoms with Crippen molar-refractivity contribution in [3.05, 3.63) is 47.7 Å². The molecule has 1 saturated heterocycles. The monoisotopic (exact) mass is 356 g/mol. The van der Waals surface area contributed by atoms with E-state index in [1.165, 1.54) is 29.8 Å². The van der Waals surface area contributed by atoms with E-state index < -0.39 is 0 Å². The van der Waals surface area contributed by atoms with Gasteiger partial charge in [0.2, 0.25) is 0 Å². The van der Waals surface area contributed by atoms with Gasteiger partial charge in [-0.15, -0.1) is 0 Å². The van der Waals surface area contributed by atoms with E-state index in [-0.39, 0.29) is 24.4 Å². The van der Waals surface area contributed by atoms with Crippen molar-refractivity contribution in [1.29, 1.82) is 0 Å². The fraction of sp³-hybridized carbons (Fsp3) is 0.421. The minimum Gasteiger partial charge on any atom is -0.484 e. The number of carbonyl (C=O) groups is 1. The van der Waals surface area contributed by atoms with Crippen LogP contribution < -0.4 is 15.0 Å². The molecule has 1 aliphatic carbocycles. The van der Waals surface area contributed by atoms with Crippen molar-refractivity contribution >= 4 is 11.7 Å². The third-order valence-electron chi connectivity index (χ3n) is 4.89. The van der Waals surface area contributed by atoms with Gasteiger partial charge in [0.05, 0.1) is 0 Å². The Morgan fingerprint density at radius 1 is 1.27 bits per heavy atom. The first-order valence-corrected chi connectivity index (χ1v) is 8.94. The summed E-state index contributed by atoms with van der Waals surface area (Å²) in [5, 5.41) is 3.00. The van der Waals surface area contributed by atoms with Gasteiger partial charge in [0.1, 0.15) is 23.7 Å². The smallest absolute Gasteiger partial charge is 0.258 e. The van der Waals surface area contributed by atoms with Gasteiger partial charge in [-0.05, 0) is 49.9 Å². The Labute approximate surface area is 151 Å². The Kier molecular flexibility index (Phi) is 4.69. The molecule has 1 unspecified atom stereocenters. The van der Waals surface area contributed by atoms with E-state index in [1.54, 1.807) is 6.33 Å². The lowest BCUT2D eigenvalue weighted by Crippen LogP contribution is -2.39. The summed E-state index contributed by atoms with van der Waals surface area (Å²) in [7, 11) is 0. The molecule has 0 saturated carbocycles. The zero-order chi connectivity index (χ0) is 17.9. The van der Waals surface area contributed by atoms with Crippen LogP contribution in [-0.2, 0) is 17.6 Å². The molecule has 7 heteroatoms. The Balaban J connectivity index is 1.30. The van der Waals surface area contributed by atoms with E-state index in [0.29, 0.717) is 5.75 Å². The molecule has 2 heterocycles. The van der Waals surface area contributed by atoms with Gasteiger partial charge in [-0.1, -0.05) is 0 Å². The van der Waals surface area contributed by atoms with Crippen LogP contribution in [0.15, 0.2) is 30.6 Å². The number of hydrogen-bond acceptors (Lipinski definition) is 5. The predicted octanol–water partition coefficient (Wildman–Crippen LogP) is 1.88. The number of anilines is 1. The van der Waals surface area contributed by atoms with E-state index in [4.69, 9.17) is 4.74 Å². The van der Waals surface area contributed by atoms with E-state index in [1.807, 2.05) is 0 Å². The number of aryl methyl sites for hydroxylation is 1. The van der Waals surface area contributed by atoms with Gasteiger partial charge in [0.25, 0.3) is 5.91 Å². The normalized spacial score (nSPS) is 18.7. The number of halogens is 1. The van der Waals surface area contributed by atoms with Crippen LogP contribution >= 0.6 is 0 Å². The molecule has 26 heavy (non-hydrogen) atoms. The van der Waals surface area contributed by atoms with Crippen LogP contribution in [0.2, 0.25) is 0 Å². The van der Waals surface area contributed by atoms with Crippen LogP contribution in [0.25, 0.3) is 0 Å². The van der Waals surface area contributed by atoms with Crippen molar-refractivity contribution in [2.24, 2.45) is 0 Å². The maximum absolute atomic E-state index is 12.9. The standard InChI is InChI=1S/C19H21FN4O2/c20-13-4-6-15(7-5-13)26-11-18(25)23-14-8-9-24(10-14)19-16-2-1-3-17(16)21-12-22-19/h4-7,12,14H,1-3,8-11H2,(H,23,25). The zero-order valence-electron chi connectivity index (χ0n) is 14.4. The van der Waals surface area contributed by atoms with Gasteiger partial charge in [0, 0.05) is 30.4 Å². The van der Waals surface area contributed by atoms with Crippen molar-refractivity contribution < 1.29 is 13.9 Å². The Morgan fingerprint density at radius 2 is 2.12 bits per heavy atom. The maximum atomic E-state index is 12.9. The Hall–Kier alpha value is -2.70. The van der Waals surface area contributed by atoms with Crippen molar-refractivity contribution in [1.82, 2.24) is 15.3 Å². The average molecular weight is 356 g/mol. The number of amides is 1. The van der Waals surface area contributed by atoms with E-state index in [2.05, 4.69) is 20.2 Å². The van der Waals surface area contributed by atoms with Gasteiger partial charge < -0.3 is 15.0 Å². The summed E-state index contributed by atoms with van der Waals surface area (Å²) < 4.78 is 18.3. The lowest BCUT2D eigenvalue weighted by atomic mass is 10.2. The van der Waals surface area contributed by atoms with Crippen molar-refractivity contribution in [2.45, 2.75) is 31.7 Å². The highest BCUT2D eigenvalue weighted by molar-refractivity contribution is 5.78. The molecule has 0 spiro atoms. The maximum Gasteiger partial charge on any atom is 0.258 e. The second-order valence-corrected chi connectivity index (χ2v) is 6.72. The van der Waals surface area contributed by atoms with Gasteiger partial charge in [-0.2, -0.15) is 0 Å². The Bertz CT molecular complexity index is 797. The van der Waals surface area contributed by atoms with Crippen LogP contribution in [0.3, 0.4) is 0 Å². The summed E-state index contributed by atoms with van der Waals surface area (Å²) in [6.45, 7) is 1.53. The molecule has 1 fully saturated rings. The molecule has 1 aromatic heterocycles. The summed E-state index contributed by atoms with van der Waals surface area (Å²) in [5.41, 5.74) is 2.43. The number of aromatic nitrogens is 2. The average Bonchev–Trinajstić information content (AvgIpc) is 3.30. The molecular formula is C19H21FN4O2. The molecule has 6 nitrogen and oxygen atoms in total. The molecule has 2 aliphatic rings. The summed E-state index contributed by atoms with van der Waals surface area (Å²) in [5.74, 6) is 0.996. The number of nitrogens with zero attached hydrogens (tertiary/aromatic N) is 3. The zero-order valence-corrected chi connectivity index (χ0v) is 14.4. The topological polar surface area (TPSA) is 67.3 Å². The molecule has 2 aromatic rings. The van der Waals surface area contributed by atoms with Gasteiger partial charge in [0.15, 0.2) is 6.61 Å². The first-order chi connectivity index (χ1) is 12.7. The molecular weight excluding hydrogens is 335 g/mol. The third kappa shape index (κ3) is 3.61. The van der Waals surface area contributed by atoms with E-state index >= 15 is 0 Å². The SMILES string of the molecule is O=C(COc1ccc(F)cc1)NC1CCN(c2ncnc3c2CCC3)C1. The quantitative estimate of drug-likeness (QED) is 0.886. The summed E-state index contributed by atoms with van der Waals surface area (Å²) in [4.78, 5) is 23.2. The molecule has 1 atom stereocenters. The molecule has 1 amide bonds. The highest BCUT2D eigenvalue weighted by atomic mass is 19.1. The second-order valence-electron chi connectivity index (χ2n) is 6.72. The van der Waals surface area contributed by atoms with Crippen molar-refractivity contribution in [3.63, 3.8) is 0 Å². The highest BCUT2D eigenvalue weighted by Gasteiger charge is 2.28. The third-order valence-corrected chi connectivity index (χ3v) is 4.89. The van der Waals surface area contributed by atoms with Gasteiger partial charge in [-0.25, -0.2) is 14.4 Å². The van der Waals surface area contributed by atoms with E-state index in [9.17, 15) is 9.18 Å². The van der Waals surface area contributed by atoms with Crippen LogP contribution in [0.1, 0.15) is 24.1 Å². The number of nitrogens with one attached hydrogen (secondary N) is 1. The lowest BCUT2D eigenvalue weighted by Gasteiger charge is -2.20.